The van der Waals surface area contributed by atoms with E-state index >= 15 is 0 Å². The smallest absolute Gasteiger partial charge is 0.407 e. The number of carbonyl (C=O) groups is 3. The van der Waals surface area contributed by atoms with Gasteiger partial charge in [-0.2, -0.15) is 0 Å². The monoisotopic (exact) mass is 273 g/mol. The van der Waals surface area contributed by atoms with Crippen LogP contribution in [0.4, 0.5) is 4.79 Å². The largest absolute Gasteiger partial charge is 0.444 e. The van der Waals surface area contributed by atoms with Crippen molar-refractivity contribution in [2.45, 2.75) is 46.6 Å². The molecule has 0 aliphatic carbocycles. The average Bonchev–Trinajstić information content (AvgIpc) is 2.23. The van der Waals surface area contributed by atoms with Gasteiger partial charge in [-0.05, 0) is 20.8 Å². The maximum Gasteiger partial charge on any atom is 0.407 e. The Morgan fingerprint density at radius 1 is 1.11 bits per heavy atom. The molecule has 0 saturated carbocycles. The zero-order chi connectivity index (χ0) is 15.1. The molecule has 0 aromatic heterocycles. The summed E-state index contributed by atoms with van der Waals surface area (Å²) in [5, 5.41) is 2.45. The first-order valence-corrected chi connectivity index (χ1v) is 6.17. The van der Waals surface area contributed by atoms with Gasteiger partial charge in [0.1, 0.15) is 5.60 Å². The van der Waals surface area contributed by atoms with Crippen LogP contribution in [0.2, 0.25) is 0 Å². The normalized spacial score (nSPS) is 10.8. The van der Waals surface area contributed by atoms with Crippen LogP contribution in [0, 0.1) is 5.92 Å². The fraction of sp³-hybridized carbons (Fsp3) is 0.750. The molecule has 0 aromatic carbocycles. The molecule has 19 heavy (non-hydrogen) atoms. The lowest BCUT2D eigenvalue weighted by Crippen LogP contribution is -2.44. The fourth-order valence-corrected chi connectivity index (χ4v) is 0.930. The van der Waals surface area contributed by atoms with E-state index in [1.54, 1.807) is 34.6 Å². The van der Waals surface area contributed by atoms with Crippen LogP contribution < -0.4 is 16.2 Å². The van der Waals surface area contributed by atoms with Crippen molar-refractivity contribution in [3.63, 3.8) is 0 Å². The van der Waals surface area contributed by atoms with Crippen molar-refractivity contribution in [2.24, 2.45) is 5.92 Å². The highest BCUT2D eigenvalue weighted by atomic mass is 16.6. The molecule has 0 spiro atoms. The second-order valence-corrected chi connectivity index (χ2v) is 5.37. The topological polar surface area (TPSA) is 96.5 Å². The molecule has 0 radical (unpaired) electrons. The number of carbonyl (C=O) groups excluding carboxylic acids is 3. The third-order valence-electron chi connectivity index (χ3n) is 1.87. The van der Waals surface area contributed by atoms with E-state index in [-0.39, 0.29) is 30.7 Å². The SMILES string of the molecule is CC(C)C(=O)NNC(=O)CCNC(=O)OC(C)(C)C. The number of hydrogen-bond acceptors (Lipinski definition) is 4. The van der Waals surface area contributed by atoms with E-state index in [9.17, 15) is 14.4 Å². The maximum atomic E-state index is 11.3. The number of alkyl carbamates (subject to hydrolysis) is 1. The molecule has 0 aliphatic heterocycles. The predicted octanol–water partition coefficient (Wildman–Crippen LogP) is 0.705. The Morgan fingerprint density at radius 3 is 2.16 bits per heavy atom. The van der Waals surface area contributed by atoms with Gasteiger partial charge in [0.05, 0.1) is 0 Å². The Balaban J connectivity index is 3.75. The zero-order valence-corrected chi connectivity index (χ0v) is 12.1. The van der Waals surface area contributed by atoms with Gasteiger partial charge in [-0.3, -0.25) is 20.4 Å². The summed E-state index contributed by atoms with van der Waals surface area (Å²) in [5.41, 5.74) is 3.96. The summed E-state index contributed by atoms with van der Waals surface area (Å²) >= 11 is 0. The first-order valence-electron chi connectivity index (χ1n) is 6.17. The summed E-state index contributed by atoms with van der Waals surface area (Å²) in [6.07, 6.45) is -0.524. The van der Waals surface area contributed by atoms with Crippen LogP contribution in [-0.2, 0) is 14.3 Å². The van der Waals surface area contributed by atoms with Crippen molar-refractivity contribution < 1.29 is 19.1 Å². The molecule has 7 heteroatoms. The maximum absolute atomic E-state index is 11.3. The van der Waals surface area contributed by atoms with E-state index in [2.05, 4.69) is 16.2 Å². The number of nitrogens with one attached hydrogen (secondary N) is 3. The van der Waals surface area contributed by atoms with E-state index in [4.69, 9.17) is 4.74 Å². The standard InChI is InChI=1S/C12H23N3O4/c1-8(2)10(17)15-14-9(16)6-7-13-11(18)19-12(3,4)5/h8H,6-7H2,1-5H3,(H,13,18)(H,14,16)(H,15,17). The van der Waals surface area contributed by atoms with Crippen LogP contribution >= 0.6 is 0 Å². The third-order valence-corrected chi connectivity index (χ3v) is 1.87. The third kappa shape index (κ3) is 9.87. The number of hydrazine groups is 1. The van der Waals surface area contributed by atoms with Crippen LogP contribution in [0.5, 0.6) is 0 Å². The van der Waals surface area contributed by atoms with Crippen molar-refractivity contribution >= 4 is 17.9 Å². The summed E-state index contributed by atoms with van der Waals surface area (Å²) in [6, 6.07) is 0. The van der Waals surface area contributed by atoms with Gasteiger partial charge >= 0.3 is 6.09 Å². The zero-order valence-electron chi connectivity index (χ0n) is 12.1. The highest BCUT2D eigenvalue weighted by Gasteiger charge is 2.16. The van der Waals surface area contributed by atoms with Gasteiger partial charge in [0.25, 0.3) is 0 Å². The summed E-state index contributed by atoms with van der Waals surface area (Å²) < 4.78 is 5.00. The lowest BCUT2D eigenvalue weighted by molar-refractivity contribution is -0.130. The highest BCUT2D eigenvalue weighted by Crippen LogP contribution is 2.06. The Bertz CT molecular complexity index is 334. The molecule has 0 rings (SSSR count). The van der Waals surface area contributed by atoms with E-state index < -0.39 is 11.7 Å². The molecule has 3 amide bonds. The van der Waals surface area contributed by atoms with Crippen LogP contribution in [0.1, 0.15) is 41.0 Å². The van der Waals surface area contributed by atoms with Crippen molar-refractivity contribution in [2.75, 3.05) is 6.54 Å². The van der Waals surface area contributed by atoms with Crippen molar-refractivity contribution in [1.82, 2.24) is 16.2 Å². The molecule has 0 atom stereocenters. The lowest BCUT2D eigenvalue weighted by Gasteiger charge is -2.19. The van der Waals surface area contributed by atoms with E-state index in [1.165, 1.54) is 0 Å². The lowest BCUT2D eigenvalue weighted by atomic mass is 10.2. The summed E-state index contributed by atoms with van der Waals surface area (Å²) in [5.74, 6) is -0.862. The van der Waals surface area contributed by atoms with Crippen molar-refractivity contribution in [1.29, 1.82) is 0 Å². The fourth-order valence-electron chi connectivity index (χ4n) is 0.930. The van der Waals surface area contributed by atoms with E-state index in [0.717, 1.165) is 0 Å². The molecule has 3 N–H and O–H groups in total. The summed E-state index contributed by atoms with van der Waals surface area (Å²) in [4.78, 5) is 33.8. The molecule has 0 aromatic rings. The number of rotatable bonds is 4. The summed E-state index contributed by atoms with van der Waals surface area (Å²) in [7, 11) is 0. The highest BCUT2D eigenvalue weighted by molar-refractivity contribution is 5.83. The van der Waals surface area contributed by atoms with Crippen LogP contribution in [-0.4, -0.2) is 30.1 Å². The van der Waals surface area contributed by atoms with Crippen molar-refractivity contribution in [3.05, 3.63) is 0 Å². The molecule has 0 unspecified atom stereocenters. The first-order chi connectivity index (χ1) is 8.61. The Hall–Kier alpha value is -1.79. The minimum Gasteiger partial charge on any atom is -0.444 e. The predicted molar refractivity (Wildman–Crippen MR) is 70.0 cm³/mol. The minimum absolute atomic E-state index is 0.0532. The van der Waals surface area contributed by atoms with Crippen LogP contribution in [0.3, 0.4) is 0 Å². The van der Waals surface area contributed by atoms with E-state index in [1.807, 2.05) is 0 Å². The van der Waals surface area contributed by atoms with Gasteiger partial charge in [0.15, 0.2) is 0 Å². The molecule has 110 valence electrons. The summed E-state index contributed by atoms with van der Waals surface area (Å²) in [6.45, 7) is 8.82. The van der Waals surface area contributed by atoms with Gasteiger partial charge in [-0.15, -0.1) is 0 Å². The second kappa shape index (κ2) is 7.60. The molecule has 7 nitrogen and oxygen atoms in total. The minimum atomic E-state index is -0.577. The molecule has 0 fully saturated rings. The molecule has 0 bridgehead atoms. The van der Waals surface area contributed by atoms with E-state index in [0.29, 0.717) is 0 Å². The number of ether oxygens (including phenoxy) is 1. The molecule has 0 heterocycles. The Morgan fingerprint density at radius 2 is 1.68 bits per heavy atom. The molecule has 0 aliphatic rings. The van der Waals surface area contributed by atoms with Crippen LogP contribution in [0.15, 0.2) is 0 Å². The van der Waals surface area contributed by atoms with Gasteiger partial charge in [-0.25, -0.2) is 4.79 Å². The number of hydrogen-bond donors (Lipinski definition) is 3. The Kier molecular flexibility index (Phi) is 6.89. The molecular formula is C12H23N3O4. The quantitative estimate of drug-likeness (QED) is 0.657. The average molecular weight is 273 g/mol. The van der Waals surface area contributed by atoms with Crippen LogP contribution in [0.25, 0.3) is 0 Å². The number of amides is 3. The second-order valence-electron chi connectivity index (χ2n) is 5.37. The first kappa shape index (κ1) is 17.2. The molecule has 0 saturated heterocycles. The van der Waals surface area contributed by atoms with Gasteiger partial charge in [-0.1, -0.05) is 13.8 Å². The Labute approximate surface area is 113 Å². The van der Waals surface area contributed by atoms with Gasteiger partial charge < -0.3 is 10.1 Å². The van der Waals surface area contributed by atoms with Gasteiger partial charge in [0, 0.05) is 18.9 Å². The van der Waals surface area contributed by atoms with Crippen molar-refractivity contribution in [3.8, 4) is 0 Å². The van der Waals surface area contributed by atoms with Gasteiger partial charge in [0.2, 0.25) is 11.8 Å². The molecular weight excluding hydrogens is 250 g/mol.